The van der Waals surface area contributed by atoms with Gasteiger partial charge in [0.2, 0.25) is 0 Å². The summed E-state index contributed by atoms with van der Waals surface area (Å²) in [4.78, 5) is 0. The van der Waals surface area contributed by atoms with E-state index in [0.717, 1.165) is 17.9 Å². The van der Waals surface area contributed by atoms with Crippen LogP contribution in [0.5, 0.6) is 5.75 Å². The van der Waals surface area contributed by atoms with Crippen LogP contribution in [0.1, 0.15) is 55.3 Å². The van der Waals surface area contributed by atoms with Crippen molar-refractivity contribution in [2.45, 2.75) is 56.4 Å². The quantitative estimate of drug-likeness (QED) is 0.253. The van der Waals surface area contributed by atoms with Gasteiger partial charge in [-0.25, -0.2) is 0 Å². The van der Waals surface area contributed by atoms with Crippen molar-refractivity contribution in [2.24, 2.45) is 0 Å². The van der Waals surface area contributed by atoms with Gasteiger partial charge in [-0.15, -0.1) is 16.8 Å². The Kier molecular flexibility index (Phi) is 7.66. The lowest BCUT2D eigenvalue weighted by Crippen LogP contribution is -2.12. The van der Waals surface area contributed by atoms with Crippen LogP contribution >= 0.6 is 11.8 Å². The van der Waals surface area contributed by atoms with Crippen molar-refractivity contribution < 1.29 is 17.9 Å². The van der Waals surface area contributed by atoms with E-state index >= 15 is 0 Å². The van der Waals surface area contributed by atoms with E-state index in [1.165, 1.54) is 23.4 Å². The Balaban J connectivity index is 1.74. The maximum atomic E-state index is 13.0. The molecule has 1 aromatic heterocycles. The van der Waals surface area contributed by atoms with Crippen molar-refractivity contribution in [3.05, 3.63) is 83.7 Å². The predicted octanol–water partition coefficient (Wildman–Crippen LogP) is 7.04. The molecule has 0 aliphatic carbocycles. The summed E-state index contributed by atoms with van der Waals surface area (Å²) in [5.41, 5.74) is 1.14. The van der Waals surface area contributed by atoms with E-state index in [4.69, 9.17) is 4.74 Å². The number of allylic oxidation sites excluding steroid dienone is 1. The zero-order valence-corrected chi connectivity index (χ0v) is 19.1. The molecule has 170 valence electrons. The maximum absolute atomic E-state index is 13.0. The SMILES string of the molecule is C=CCn1c(SCc2cccc(C(F)(F)F)c2)nnc1C(C)Oc1ccc(C(C)C)cc1. The first-order valence-electron chi connectivity index (χ1n) is 10.3. The molecule has 0 fully saturated rings. The van der Waals surface area contributed by atoms with Gasteiger partial charge in [-0.1, -0.05) is 62.0 Å². The van der Waals surface area contributed by atoms with Crippen LogP contribution in [-0.4, -0.2) is 14.8 Å². The molecule has 4 nitrogen and oxygen atoms in total. The molecule has 0 bridgehead atoms. The second-order valence-electron chi connectivity index (χ2n) is 7.71. The zero-order valence-electron chi connectivity index (χ0n) is 18.3. The van der Waals surface area contributed by atoms with Crippen LogP contribution in [0.25, 0.3) is 0 Å². The van der Waals surface area contributed by atoms with E-state index in [1.807, 2.05) is 35.8 Å². The average molecular weight is 462 g/mol. The molecule has 32 heavy (non-hydrogen) atoms. The van der Waals surface area contributed by atoms with Gasteiger partial charge < -0.3 is 4.74 Å². The van der Waals surface area contributed by atoms with Gasteiger partial charge in [-0.2, -0.15) is 13.2 Å². The molecule has 0 spiro atoms. The Morgan fingerprint density at radius 1 is 1.09 bits per heavy atom. The second-order valence-corrected chi connectivity index (χ2v) is 8.65. The fraction of sp³-hybridized carbons (Fsp3) is 0.333. The van der Waals surface area contributed by atoms with Gasteiger partial charge in [0.25, 0.3) is 0 Å². The Labute approximate surface area is 190 Å². The largest absolute Gasteiger partial charge is 0.483 e. The number of rotatable bonds is 9. The van der Waals surface area contributed by atoms with Gasteiger partial charge in [-0.3, -0.25) is 4.57 Å². The Bertz CT molecular complexity index is 1050. The lowest BCUT2D eigenvalue weighted by Gasteiger charge is -2.16. The molecule has 0 aliphatic rings. The van der Waals surface area contributed by atoms with Gasteiger partial charge in [0, 0.05) is 12.3 Å². The third-order valence-electron chi connectivity index (χ3n) is 4.90. The van der Waals surface area contributed by atoms with E-state index in [2.05, 4.69) is 30.6 Å². The van der Waals surface area contributed by atoms with Gasteiger partial charge in [-0.05, 0) is 42.2 Å². The van der Waals surface area contributed by atoms with Crippen LogP contribution in [0.2, 0.25) is 0 Å². The summed E-state index contributed by atoms with van der Waals surface area (Å²) in [6.45, 7) is 10.4. The van der Waals surface area contributed by atoms with Crippen LogP contribution < -0.4 is 4.74 Å². The smallest absolute Gasteiger partial charge is 0.416 e. The number of hydrogen-bond acceptors (Lipinski definition) is 4. The molecule has 3 rings (SSSR count). The van der Waals surface area contributed by atoms with Crippen LogP contribution in [0.3, 0.4) is 0 Å². The van der Waals surface area contributed by atoms with E-state index in [-0.39, 0.29) is 6.10 Å². The maximum Gasteiger partial charge on any atom is 0.416 e. The molecular weight excluding hydrogens is 435 g/mol. The Hall–Kier alpha value is -2.74. The summed E-state index contributed by atoms with van der Waals surface area (Å²) in [5.74, 6) is 2.14. The Morgan fingerprint density at radius 2 is 1.81 bits per heavy atom. The van der Waals surface area contributed by atoms with E-state index in [0.29, 0.717) is 34.8 Å². The van der Waals surface area contributed by atoms with Crippen LogP contribution in [-0.2, 0) is 18.5 Å². The second kappa shape index (κ2) is 10.3. The third kappa shape index (κ3) is 5.94. The molecule has 0 amide bonds. The molecule has 2 aromatic carbocycles. The van der Waals surface area contributed by atoms with Crippen LogP contribution in [0.4, 0.5) is 13.2 Å². The predicted molar refractivity (Wildman–Crippen MR) is 121 cm³/mol. The normalized spacial score (nSPS) is 12.7. The van der Waals surface area contributed by atoms with Gasteiger partial charge in [0.1, 0.15) is 5.75 Å². The highest BCUT2D eigenvalue weighted by Gasteiger charge is 2.30. The summed E-state index contributed by atoms with van der Waals surface area (Å²) in [5, 5.41) is 9.13. The van der Waals surface area contributed by atoms with Crippen molar-refractivity contribution in [1.82, 2.24) is 14.8 Å². The van der Waals surface area contributed by atoms with Crippen molar-refractivity contribution in [3.8, 4) is 5.75 Å². The Morgan fingerprint density at radius 3 is 2.44 bits per heavy atom. The first kappa shape index (κ1) is 23.9. The molecule has 8 heteroatoms. The summed E-state index contributed by atoms with van der Waals surface area (Å²) in [6.07, 6.45) is -3.00. The molecule has 1 heterocycles. The monoisotopic (exact) mass is 461 g/mol. The third-order valence-corrected chi connectivity index (χ3v) is 5.94. The van der Waals surface area contributed by atoms with Crippen LogP contribution in [0.15, 0.2) is 66.3 Å². The number of nitrogens with zero attached hydrogens (tertiary/aromatic N) is 3. The van der Waals surface area contributed by atoms with E-state index in [1.54, 1.807) is 12.1 Å². The fourth-order valence-corrected chi connectivity index (χ4v) is 4.08. The molecule has 3 aromatic rings. The molecule has 0 saturated heterocycles. The van der Waals surface area contributed by atoms with Gasteiger partial charge >= 0.3 is 6.18 Å². The molecule has 1 unspecified atom stereocenters. The molecular formula is C24H26F3N3OS. The standard InChI is InChI=1S/C24H26F3N3OS/c1-5-13-30-22(17(4)31-21-11-9-19(10-12-21)16(2)3)28-29-23(30)32-15-18-7-6-8-20(14-18)24(25,26)27/h5-12,14,16-17H,1,13,15H2,2-4H3. The zero-order chi connectivity index (χ0) is 23.3. The first-order chi connectivity index (χ1) is 15.2. The minimum Gasteiger partial charge on any atom is -0.483 e. The van der Waals surface area contributed by atoms with E-state index < -0.39 is 11.7 Å². The number of halogens is 3. The van der Waals surface area contributed by atoms with E-state index in [9.17, 15) is 13.2 Å². The lowest BCUT2D eigenvalue weighted by molar-refractivity contribution is -0.137. The number of benzene rings is 2. The average Bonchev–Trinajstić information content (AvgIpc) is 3.15. The summed E-state index contributed by atoms with van der Waals surface area (Å²) < 4.78 is 46.8. The van der Waals surface area contributed by atoms with Gasteiger partial charge in [0.15, 0.2) is 17.1 Å². The molecule has 0 aliphatic heterocycles. The first-order valence-corrected chi connectivity index (χ1v) is 11.3. The van der Waals surface area contributed by atoms with Crippen molar-refractivity contribution in [3.63, 3.8) is 0 Å². The number of aromatic nitrogens is 3. The number of alkyl halides is 3. The molecule has 0 N–H and O–H groups in total. The molecule has 0 radical (unpaired) electrons. The summed E-state index contributed by atoms with van der Waals surface area (Å²) in [7, 11) is 0. The van der Waals surface area contributed by atoms with Crippen molar-refractivity contribution in [2.75, 3.05) is 0 Å². The highest BCUT2D eigenvalue weighted by molar-refractivity contribution is 7.98. The van der Waals surface area contributed by atoms with Gasteiger partial charge in [0.05, 0.1) is 5.56 Å². The minimum absolute atomic E-state index is 0.338. The topological polar surface area (TPSA) is 39.9 Å². The number of thioether (sulfide) groups is 1. The fourth-order valence-electron chi connectivity index (χ4n) is 3.18. The summed E-state index contributed by atoms with van der Waals surface area (Å²) >= 11 is 1.33. The molecule has 0 saturated carbocycles. The number of hydrogen-bond donors (Lipinski definition) is 0. The van der Waals surface area contributed by atoms with Crippen molar-refractivity contribution in [1.29, 1.82) is 0 Å². The summed E-state index contributed by atoms with van der Waals surface area (Å²) in [6, 6.07) is 13.3. The lowest BCUT2D eigenvalue weighted by atomic mass is 10.0. The minimum atomic E-state index is -4.36. The number of ether oxygens (including phenoxy) is 1. The highest BCUT2D eigenvalue weighted by atomic mass is 32.2. The van der Waals surface area contributed by atoms with Crippen LogP contribution in [0, 0.1) is 0 Å². The van der Waals surface area contributed by atoms with Crippen molar-refractivity contribution >= 4 is 11.8 Å². The molecule has 1 atom stereocenters. The highest BCUT2D eigenvalue weighted by Crippen LogP contribution is 2.32.